The molecule has 0 radical (unpaired) electrons. The topological polar surface area (TPSA) is 46.0 Å². The van der Waals surface area contributed by atoms with Crippen molar-refractivity contribution in [1.82, 2.24) is 9.97 Å². The van der Waals surface area contributed by atoms with E-state index in [1.165, 1.54) is 0 Å². The number of benzene rings is 1. The number of para-hydroxylation sites is 1. The average Bonchev–Trinajstić information content (AvgIpc) is 2.47. The van der Waals surface area contributed by atoms with Crippen LogP contribution in [0.5, 0.6) is 0 Å². The van der Waals surface area contributed by atoms with E-state index >= 15 is 0 Å². The molecule has 2 heterocycles. The van der Waals surface area contributed by atoms with Crippen LogP contribution in [0.25, 0.3) is 10.9 Å². The first-order valence-electron chi connectivity index (χ1n) is 6.20. The van der Waals surface area contributed by atoms with E-state index in [1.54, 1.807) is 12.4 Å². The number of rotatable bonds is 2. The Labute approximate surface area is 111 Å². The van der Waals surface area contributed by atoms with Gasteiger partial charge in [-0.05, 0) is 30.7 Å². The fraction of sp³-hybridized carbons (Fsp3) is 0.125. The molecule has 3 nitrogen and oxygen atoms in total. The molecule has 94 valence electrons. The molecule has 0 bridgehead atoms. The summed E-state index contributed by atoms with van der Waals surface area (Å²) in [5.74, 6) is 0. The lowest BCUT2D eigenvalue weighted by Crippen LogP contribution is -2.03. The molecule has 0 spiro atoms. The van der Waals surface area contributed by atoms with E-state index in [9.17, 15) is 5.11 Å². The van der Waals surface area contributed by atoms with Gasteiger partial charge in [-0.15, -0.1) is 0 Å². The highest BCUT2D eigenvalue weighted by atomic mass is 16.3. The van der Waals surface area contributed by atoms with Gasteiger partial charge < -0.3 is 5.11 Å². The van der Waals surface area contributed by atoms with E-state index in [4.69, 9.17) is 0 Å². The van der Waals surface area contributed by atoms with Gasteiger partial charge in [0.05, 0.1) is 11.2 Å². The van der Waals surface area contributed by atoms with E-state index < -0.39 is 6.10 Å². The Morgan fingerprint density at radius 3 is 2.74 bits per heavy atom. The van der Waals surface area contributed by atoms with Gasteiger partial charge in [-0.25, -0.2) is 4.98 Å². The number of aromatic nitrogens is 2. The van der Waals surface area contributed by atoms with E-state index in [0.29, 0.717) is 5.69 Å². The lowest BCUT2D eigenvalue weighted by atomic mass is 10.0. The second-order valence-electron chi connectivity index (χ2n) is 4.57. The minimum atomic E-state index is -0.739. The number of fused-ring (bicyclic) bond motifs is 1. The van der Waals surface area contributed by atoms with Crippen LogP contribution in [0.2, 0.25) is 0 Å². The molecule has 1 unspecified atom stereocenters. The normalized spacial score (nSPS) is 12.5. The summed E-state index contributed by atoms with van der Waals surface area (Å²) in [6.07, 6.45) is 2.61. The number of nitrogens with zero attached hydrogens (tertiary/aromatic N) is 2. The van der Waals surface area contributed by atoms with E-state index in [0.717, 1.165) is 22.0 Å². The molecule has 2 aromatic heterocycles. The molecule has 0 aliphatic heterocycles. The Hall–Kier alpha value is -2.26. The van der Waals surface area contributed by atoms with Crippen LogP contribution in [0, 0.1) is 6.92 Å². The van der Waals surface area contributed by atoms with Gasteiger partial charge in [0.15, 0.2) is 0 Å². The maximum absolute atomic E-state index is 10.4. The van der Waals surface area contributed by atoms with E-state index in [-0.39, 0.29) is 0 Å². The lowest BCUT2D eigenvalue weighted by Gasteiger charge is -2.12. The van der Waals surface area contributed by atoms with Crippen molar-refractivity contribution in [2.24, 2.45) is 0 Å². The Morgan fingerprint density at radius 2 is 1.95 bits per heavy atom. The second kappa shape index (κ2) is 4.78. The third kappa shape index (κ3) is 2.20. The SMILES string of the molecule is Cc1cc(C(O)c2cccnc2)nc2ccccc12. The average molecular weight is 250 g/mol. The molecule has 19 heavy (non-hydrogen) atoms. The number of hydrogen-bond donors (Lipinski definition) is 1. The van der Waals surface area contributed by atoms with Crippen LogP contribution in [0.3, 0.4) is 0 Å². The molecule has 0 amide bonds. The Morgan fingerprint density at radius 1 is 1.11 bits per heavy atom. The van der Waals surface area contributed by atoms with Gasteiger partial charge in [-0.1, -0.05) is 24.3 Å². The third-order valence-corrected chi connectivity index (χ3v) is 3.22. The molecule has 3 aromatic rings. The van der Waals surface area contributed by atoms with Crippen molar-refractivity contribution < 1.29 is 5.11 Å². The highest BCUT2D eigenvalue weighted by molar-refractivity contribution is 5.82. The van der Waals surface area contributed by atoms with Crippen molar-refractivity contribution in [3.05, 3.63) is 71.7 Å². The van der Waals surface area contributed by atoms with Crippen molar-refractivity contribution in [2.75, 3.05) is 0 Å². The molecule has 1 aromatic carbocycles. The maximum Gasteiger partial charge on any atom is 0.122 e. The van der Waals surface area contributed by atoms with Crippen molar-refractivity contribution in [1.29, 1.82) is 0 Å². The molecular weight excluding hydrogens is 236 g/mol. The second-order valence-corrected chi connectivity index (χ2v) is 4.57. The summed E-state index contributed by atoms with van der Waals surface area (Å²) < 4.78 is 0. The fourth-order valence-electron chi connectivity index (χ4n) is 2.22. The number of aryl methyl sites for hydroxylation is 1. The van der Waals surface area contributed by atoms with Crippen molar-refractivity contribution in [3.63, 3.8) is 0 Å². The maximum atomic E-state index is 10.4. The zero-order valence-electron chi connectivity index (χ0n) is 10.6. The summed E-state index contributed by atoms with van der Waals surface area (Å²) in [6.45, 7) is 2.03. The summed E-state index contributed by atoms with van der Waals surface area (Å²) in [7, 11) is 0. The molecule has 0 fully saturated rings. The van der Waals surface area contributed by atoms with Crippen LogP contribution in [0.15, 0.2) is 54.9 Å². The largest absolute Gasteiger partial charge is 0.382 e. The van der Waals surface area contributed by atoms with Crippen molar-refractivity contribution in [2.45, 2.75) is 13.0 Å². The minimum Gasteiger partial charge on any atom is -0.382 e. The Kier molecular flexibility index (Phi) is 2.97. The number of pyridine rings is 2. The van der Waals surface area contributed by atoms with E-state index in [1.807, 2.05) is 49.4 Å². The molecule has 1 atom stereocenters. The quantitative estimate of drug-likeness (QED) is 0.760. The summed E-state index contributed by atoms with van der Waals surface area (Å²) in [5, 5.41) is 11.5. The molecule has 1 N–H and O–H groups in total. The molecule has 3 rings (SSSR count). The van der Waals surface area contributed by atoms with Crippen LogP contribution >= 0.6 is 0 Å². The standard InChI is InChI=1S/C16H14N2O/c1-11-9-15(16(19)12-5-4-8-17-10-12)18-14-7-3-2-6-13(11)14/h2-10,16,19H,1H3. The van der Waals surface area contributed by atoms with Crippen LogP contribution in [-0.2, 0) is 0 Å². The minimum absolute atomic E-state index is 0.657. The fourth-order valence-corrected chi connectivity index (χ4v) is 2.22. The van der Waals surface area contributed by atoms with Gasteiger partial charge in [0.2, 0.25) is 0 Å². The highest BCUT2D eigenvalue weighted by Gasteiger charge is 2.13. The number of aliphatic hydroxyl groups excluding tert-OH is 1. The first-order chi connectivity index (χ1) is 9.25. The van der Waals surface area contributed by atoms with Gasteiger partial charge in [-0.3, -0.25) is 4.98 Å². The van der Waals surface area contributed by atoms with Crippen molar-refractivity contribution in [3.8, 4) is 0 Å². The molecule has 0 saturated heterocycles. The Bertz CT molecular complexity index is 710. The molecule has 3 heteroatoms. The van der Waals surface area contributed by atoms with Gasteiger partial charge in [0, 0.05) is 23.3 Å². The van der Waals surface area contributed by atoms with Crippen molar-refractivity contribution >= 4 is 10.9 Å². The first-order valence-corrected chi connectivity index (χ1v) is 6.20. The van der Waals surface area contributed by atoms with Crippen LogP contribution in [-0.4, -0.2) is 15.1 Å². The third-order valence-electron chi connectivity index (χ3n) is 3.22. The predicted molar refractivity (Wildman–Crippen MR) is 74.8 cm³/mol. The zero-order chi connectivity index (χ0) is 13.2. The Balaban J connectivity index is 2.11. The van der Waals surface area contributed by atoms with Crippen LogP contribution < -0.4 is 0 Å². The van der Waals surface area contributed by atoms with Gasteiger partial charge >= 0.3 is 0 Å². The first kappa shape index (κ1) is 11.8. The summed E-state index contributed by atoms with van der Waals surface area (Å²) in [5.41, 5.74) is 3.43. The van der Waals surface area contributed by atoms with Crippen LogP contribution in [0.1, 0.15) is 22.9 Å². The summed E-state index contributed by atoms with van der Waals surface area (Å²) in [6, 6.07) is 13.5. The zero-order valence-corrected chi connectivity index (χ0v) is 10.6. The predicted octanol–water partition coefficient (Wildman–Crippen LogP) is 3.02. The number of aliphatic hydroxyl groups is 1. The monoisotopic (exact) mass is 250 g/mol. The van der Waals surface area contributed by atoms with Gasteiger partial charge in [0.1, 0.15) is 6.10 Å². The van der Waals surface area contributed by atoms with E-state index in [2.05, 4.69) is 9.97 Å². The molecular formula is C16H14N2O. The molecule has 0 saturated carbocycles. The van der Waals surface area contributed by atoms with Crippen LogP contribution in [0.4, 0.5) is 0 Å². The summed E-state index contributed by atoms with van der Waals surface area (Å²) in [4.78, 5) is 8.56. The van der Waals surface area contributed by atoms with Gasteiger partial charge in [0.25, 0.3) is 0 Å². The lowest BCUT2D eigenvalue weighted by molar-refractivity contribution is 0.215. The number of hydrogen-bond acceptors (Lipinski definition) is 3. The van der Waals surface area contributed by atoms with Gasteiger partial charge in [-0.2, -0.15) is 0 Å². The summed E-state index contributed by atoms with van der Waals surface area (Å²) >= 11 is 0. The smallest absolute Gasteiger partial charge is 0.122 e. The molecule has 0 aliphatic carbocycles. The molecule has 0 aliphatic rings. The highest BCUT2D eigenvalue weighted by Crippen LogP contribution is 2.24.